The Labute approximate surface area is 105 Å². The van der Waals surface area contributed by atoms with Crippen LogP contribution in [0.3, 0.4) is 0 Å². The van der Waals surface area contributed by atoms with E-state index < -0.39 is 0 Å². The molecule has 17 heavy (non-hydrogen) atoms. The lowest BCUT2D eigenvalue weighted by Gasteiger charge is -2.32. The van der Waals surface area contributed by atoms with Crippen LogP contribution in [0.2, 0.25) is 0 Å². The van der Waals surface area contributed by atoms with Crippen LogP contribution in [0, 0.1) is 5.92 Å². The van der Waals surface area contributed by atoms with Crippen molar-refractivity contribution in [2.45, 2.75) is 33.1 Å². The van der Waals surface area contributed by atoms with Crippen LogP contribution < -0.4 is 0 Å². The smallest absolute Gasteiger partial charge is 0.236 e. The molecule has 4 heteroatoms. The standard InChI is InChI=1S/C13H26N2O2/c1-3-14(7-5-9-16)11-13(17)15-8-4-6-12(2)10-15/h12,16H,3-11H2,1-2H3. The van der Waals surface area contributed by atoms with Crippen LogP contribution >= 0.6 is 0 Å². The molecule has 1 unspecified atom stereocenters. The molecule has 1 saturated heterocycles. The lowest BCUT2D eigenvalue weighted by Crippen LogP contribution is -2.45. The number of likely N-dealkylation sites (N-methyl/N-ethyl adjacent to an activating group) is 1. The largest absolute Gasteiger partial charge is 0.396 e. The minimum absolute atomic E-state index is 0.200. The number of nitrogens with zero attached hydrogens (tertiary/aromatic N) is 2. The van der Waals surface area contributed by atoms with Gasteiger partial charge in [-0.2, -0.15) is 0 Å². The van der Waals surface area contributed by atoms with E-state index in [1.807, 2.05) is 4.90 Å². The van der Waals surface area contributed by atoms with Gasteiger partial charge in [-0.15, -0.1) is 0 Å². The second-order valence-electron chi connectivity index (χ2n) is 5.03. The van der Waals surface area contributed by atoms with E-state index in [-0.39, 0.29) is 12.5 Å². The summed E-state index contributed by atoms with van der Waals surface area (Å²) >= 11 is 0. The van der Waals surface area contributed by atoms with E-state index >= 15 is 0 Å². The molecule has 100 valence electrons. The Balaban J connectivity index is 2.35. The van der Waals surface area contributed by atoms with E-state index in [0.717, 1.165) is 39.0 Å². The zero-order chi connectivity index (χ0) is 12.7. The summed E-state index contributed by atoms with van der Waals surface area (Å²) in [5.74, 6) is 0.886. The van der Waals surface area contributed by atoms with Crippen LogP contribution in [-0.4, -0.2) is 60.1 Å². The van der Waals surface area contributed by atoms with Gasteiger partial charge in [0.1, 0.15) is 0 Å². The predicted octanol–water partition coefficient (Wildman–Crippen LogP) is 0.949. The number of aliphatic hydroxyl groups excluding tert-OH is 1. The molecule has 0 saturated carbocycles. The minimum Gasteiger partial charge on any atom is -0.396 e. The molecule has 0 radical (unpaired) electrons. The van der Waals surface area contributed by atoms with Crippen molar-refractivity contribution in [3.05, 3.63) is 0 Å². The molecule has 1 aliphatic heterocycles. The van der Waals surface area contributed by atoms with Crippen LogP contribution in [0.15, 0.2) is 0 Å². The monoisotopic (exact) mass is 242 g/mol. The molecule has 1 aliphatic rings. The third-order valence-electron chi connectivity index (χ3n) is 3.45. The van der Waals surface area contributed by atoms with Crippen molar-refractivity contribution < 1.29 is 9.90 Å². The summed E-state index contributed by atoms with van der Waals surface area (Å²) in [6, 6.07) is 0. The second kappa shape index (κ2) is 7.67. The molecule has 0 aromatic heterocycles. The number of carbonyl (C=O) groups is 1. The van der Waals surface area contributed by atoms with E-state index in [1.165, 1.54) is 6.42 Å². The molecule has 1 heterocycles. The SMILES string of the molecule is CCN(CCCO)CC(=O)N1CCCC(C)C1. The molecule has 1 atom stereocenters. The van der Waals surface area contributed by atoms with Crippen molar-refractivity contribution in [1.29, 1.82) is 0 Å². The minimum atomic E-state index is 0.200. The first kappa shape index (κ1) is 14.5. The van der Waals surface area contributed by atoms with Gasteiger partial charge in [0, 0.05) is 26.2 Å². The number of hydrogen-bond donors (Lipinski definition) is 1. The zero-order valence-electron chi connectivity index (χ0n) is 11.2. The van der Waals surface area contributed by atoms with Gasteiger partial charge in [-0.1, -0.05) is 13.8 Å². The molecule has 4 nitrogen and oxygen atoms in total. The molecular weight excluding hydrogens is 216 g/mol. The summed E-state index contributed by atoms with van der Waals surface area (Å²) in [7, 11) is 0. The van der Waals surface area contributed by atoms with E-state index in [0.29, 0.717) is 12.5 Å². The maximum absolute atomic E-state index is 12.1. The Kier molecular flexibility index (Phi) is 6.52. The second-order valence-corrected chi connectivity index (χ2v) is 5.03. The number of carbonyl (C=O) groups excluding carboxylic acids is 1. The molecule has 0 spiro atoms. The average Bonchev–Trinajstić information content (AvgIpc) is 2.34. The highest BCUT2D eigenvalue weighted by atomic mass is 16.3. The Morgan fingerprint density at radius 3 is 2.88 bits per heavy atom. The van der Waals surface area contributed by atoms with Crippen LogP contribution in [0.4, 0.5) is 0 Å². The van der Waals surface area contributed by atoms with Crippen molar-refractivity contribution in [1.82, 2.24) is 9.80 Å². The molecule has 1 N–H and O–H groups in total. The number of amides is 1. The summed E-state index contributed by atoms with van der Waals surface area (Å²) < 4.78 is 0. The highest BCUT2D eigenvalue weighted by molar-refractivity contribution is 5.78. The van der Waals surface area contributed by atoms with Crippen LogP contribution in [0.25, 0.3) is 0 Å². The van der Waals surface area contributed by atoms with Crippen molar-refractivity contribution in [3.8, 4) is 0 Å². The van der Waals surface area contributed by atoms with Gasteiger partial charge in [-0.3, -0.25) is 9.69 Å². The lowest BCUT2D eigenvalue weighted by atomic mass is 10.0. The molecule has 0 aliphatic carbocycles. The number of aliphatic hydroxyl groups is 1. The van der Waals surface area contributed by atoms with E-state index in [1.54, 1.807) is 0 Å². The molecule has 1 fully saturated rings. The first-order valence-electron chi connectivity index (χ1n) is 6.78. The summed E-state index contributed by atoms with van der Waals surface area (Å²) in [5, 5.41) is 8.81. The summed E-state index contributed by atoms with van der Waals surface area (Å²) in [4.78, 5) is 16.2. The van der Waals surface area contributed by atoms with Gasteiger partial charge in [-0.05, 0) is 31.7 Å². The summed E-state index contributed by atoms with van der Waals surface area (Å²) in [6.45, 7) is 8.48. The van der Waals surface area contributed by atoms with Crippen LogP contribution in [0.5, 0.6) is 0 Å². The third-order valence-corrected chi connectivity index (χ3v) is 3.45. The number of likely N-dealkylation sites (tertiary alicyclic amines) is 1. The lowest BCUT2D eigenvalue weighted by molar-refractivity contribution is -0.134. The number of rotatable bonds is 6. The van der Waals surface area contributed by atoms with Gasteiger partial charge < -0.3 is 10.0 Å². The zero-order valence-corrected chi connectivity index (χ0v) is 11.2. The predicted molar refractivity (Wildman–Crippen MR) is 68.8 cm³/mol. The van der Waals surface area contributed by atoms with Gasteiger partial charge in [0.25, 0.3) is 0 Å². The maximum Gasteiger partial charge on any atom is 0.236 e. The van der Waals surface area contributed by atoms with Crippen molar-refractivity contribution >= 4 is 5.91 Å². The Bertz CT molecular complexity index is 233. The van der Waals surface area contributed by atoms with Crippen LogP contribution in [-0.2, 0) is 4.79 Å². The number of piperidine rings is 1. The van der Waals surface area contributed by atoms with Crippen LogP contribution in [0.1, 0.15) is 33.1 Å². The Morgan fingerprint density at radius 1 is 1.53 bits per heavy atom. The fourth-order valence-corrected chi connectivity index (χ4v) is 2.35. The maximum atomic E-state index is 12.1. The fraction of sp³-hybridized carbons (Fsp3) is 0.923. The van der Waals surface area contributed by atoms with Gasteiger partial charge in [0.15, 0.2) is 0 Å². The average molecular weight is 242 g/mol. The van der Waals surface area contributed by atoms with Gasteiger partial charge in [-0.25, -0.2) is 0 Å². The summed E-state index contributed by atoms with van der Waals surface area (Å²) in [5.41, 5.74) is 0. The highest BCUT2D eigenvalue weighted by Crippen LogP contribution is 2.15. The highest BCUT2D eigenvalue weighted by Gasteiger charge is 2.21. The van der Waals surface area contributed by atoms with E-state index in [4.69, 9.17) is 5.11 Å². The van der Waals surface area contributed by atoms with E-state index in [2.05, 4.69) is 18.7 Å². The first-order valence-corrected chi connectivity index (χ1v) is 6.78. The molecule has 0 bridgehead atoms. The quantitative estimate of drug-likeness (QED) is 0.754. The fourth-order valence-electron chi connectivity index (χ4n) is 2.35. The number of hydrogen-bond acceptors (Lipinski definition) is 3. The third kappa shape index (κ3) is 5.04. The Hall–Kier alpha value is -0.610. The van der Waals surface area contributed by atoms with Crippen molar-refractivity contribution in [3.63, 3.8) is 0 Å². The Morgan fingerprint density at radius 2 is 2.29 bits per heavy atom. The molecular formula is C13H26N2O2. The van der Waals surface area contributed by atoms with E-state index in [9.17, 15) is 4.79 Å². The molecule has 0 aromatic carbocycles. The van der Waals surface area contributed by atoms with Gasteiger partial charge in [0.05, 0.1) is 6.54 Å². The normalized spacial score (nSPS) is 20.9. The van der Waals surface area contributed by atoms with Gasteiger partial charge in [0.2, 0.25) is 5.91 Å². The van der Waals surface area contributed by atoms with Gasteiger partial charge >= 0.3 is 0 Å². The van der Waals surface area contributed by atoms with Crippen molar-refractivity contribution in [2.75, 3.05) is 39.3 Å². The first-order chi connectivity index (χ1) is 8.17. The molecule has 1 rings (SSSR count). The summed E-state index contributed by atoms with van der Waals surface area (Å²) in [6.07, 6.45) is 3.12. The molecule has 0 aromatic rings. The van der Waals surface area contributed by atoms with Crippen molar-refractivity contribution in [2.24, 2.45) is 5.92 Å². The topological polar surface area (TPSA) is 43.8 Å². The molecule has 1 amide bonds.